The van der Waals surface area contributed by atoms with Crippen molar-refractivity contribution >= 4 is 5.97 Å². The van der Waals surface area contributed by atoms with Gasteiger partial charge in [-0.3, -0.25) is 4.79 Å². The minimum Gasteiger partial charge on any atom is -0.481 e. The van der Waals surface area contributed by atoms with Crippen LogP contribution in [0.3, 0.4) is 0 Å². The van der Waals surface area contributed by atoms with E-state index in [1.165, 1.54) is 0 Å². The molecule has 3 heteroatoms. The van der Waals surface area contributed by atoms with E-state index in [0.717, 1.165) is 12.0 Å². The van der Waals surface area contributed by atoms with Crippen molar-refractivity contribution in [3.63, 3.8) is 0 Å². The highest BCUT2D eigenvalue weighted by molar-refractivity contribution is 5.70. The summed E-state index contributed by atoms with van der Waals surface area (Å²) < 4.78 is 0. The van der Waals surface area contributed by atoms with Crippen LogP contribution < -0.4 is 5.32 Å². The second kappa shape index (κ2) is 3.39. The molecule has 0 aromatic rings. The van der Waals surface area contributed by atoms with E-state index in [1.54, 1.807) is 0 Å². The van der Waals surface area contributed by atoms with Crippen LogP contribution >= 0.6 is 0 Å². The molecule has 3 nitrogen and oxygen atoms in total. The normalized spacial score (nSPS) is 24.1. The van der Waals surface area contributed by atoms with Crippen LogP contribution in [0, 0.1) is 0 Å². The molecule has 0 spiro atoms. The van der Waals surface area contributed by atoms with Crippen molar-refractivity contribution in [2.45, 2.75) is 51.6 Å². The summed E-state index contributed by atoms with van der Waals surface area (Å²) in [6.07, 6.45) is 3.00. The van der Waals surface area contributed by atoms with Gasteiger partial charge in [-0.2, -0.15) is 0 Å². The smallest absolute Gasteiger partial charge is 0.307 e. The molecule has 1 rings (SSSR count). The van der Waals surface area contributed by atoms with Gasteiger partial charge < -0.3 is 10.4 Å². The number of hydrogen-bond donors (Lipinski definition) is 2. The van der Waals surface area contributed by atoms with Crippen LogP contribution in [0.4, 0.5) is 0 Å². The van der Waals surface area contributed by atoms with E-state index in [-0.39, 0.29) is 17.5 Å². The Balaban J connectivity index is 2.85. The average molecular weight is 197 g/mol. The number of carbonyl (C=O) groups is 1. The van der Waals surface area contributed by atoms with Crippen molar-refractivity contribution < 1.29 is 9.90 Å². The fraction of sp³-hybridized carbons (Fsp3) is 0.727. The quantitative estimate of drug-likeness (QED) is 0.665. The fourth-order valence-corrected chi connectivity index (χ4v) is 2.39. The zero-order chi connectivity index (χ0) is 11.0. The summed E-state index contributed by atoms with van der Waals surface area (Å²) in [5.74, 6) is -0.746. The Bertz CT molecular complexity index is 277. The lowest BCUT2D eigenvalue weighted by Gasteiger charge is -2.41. The van der Waals surface area contributed by atoms with Crippen molar-refractivity contribution in [1.82, 2.24) is 5.32 Å². The molecule has 0 saturated heterocycles. The highest BCUT2D eigenvalue weighted by atomic mass is 16.4. The predicted octanol–water partition coefficient (Wildman–Crippen LogP) is 1.94. The van der Waals surface area contributed by atoms with Crippen LogP contribution in [0.25, 0.3) is 0 Å². The number of rotatable bonds is 2. The summed E-state index contributed by atoms with van der Waals surface area (Å²) in [5.41, 5.74) is 0.904. The van der Waals surface area contributed by atoms with Gasteiger partial charge in [-0.05, 0) is 34.1 Å². The topological polar surface area (TPSA) is 49.3 Å². The van der Waals surface area contributed by atoms with Crippen LogP contribution in [0.5, 0.6) is 0 Å². The van der Waals surface area contributed by atoms with E-state index in [2.05, 4.69) is 33.0 Å². The number of nitrogens with one attached hydrogen (secondary N) is 1. The number of carboxylic acids is 1. The van der Waals surface area contributed by atoms with Crippen molar-refractivity contribution in [3.05, 3.63) is 11.6 Å². The Morgan fingerprint density at radius 2 is 2.07 bits per heavy atom. The monoisotopic (exact) mass is 197 g/mol. The van der Waals surface area contributed by atoms with E-state index in [4.69, 9.17) is 5.11 Å². The first kappa shape index (κ1) is 11.2. The molecule has 0 unspecified atom stereocenters. The highest BCUT2D eigenvalue weighted by Crippen LogP contribution is 2.29. The molecule has 1 heterocycles. The van der Waals surface area contributed by atoms with Crippen molar-refractivity contribution in [3.8, 4) is 0 Å². The SMILES string of the molecule is CC1(C)C=C(CC(=O)O)CC(C)(C)N1. The fourth-order valence-electron chi connectivity index (χ4n) is 2.39. The molecule has 1 aliphatic rings. The van der Waals surface area contributed by atoms with Crippen molar-refractivity contribution in [1.29, 1.82) is 0 Å². The van der Waals surface area contributed by atoms with Crippen molar-refractivity contribution in [2.75, 3.05) is 0 Å². The first-order chi connectivity index (χ1) is 6.20. The lowest BCUT2D eigenvalue weighted by molar-refractivity contribution is -0.136. The summed E-state index contributed by atoms with van der Waals surface area (Å²) in [7, 11) is 0. The number of aliphatic carboxylic acids is 1. The average Bonchev–Trinajstić information content (AvgIpc) is 1.74. The lowest BCUT2D eigenvalue weighted by atomic mass is 9.82. The molecule has 0 saturated carbocycles. The zero-order valence-electron chi connectivity index (χ0n) is 9.35. The molecule has 0 bridgehead atoms. The van der Waals surface area contributed by atoms with Gasteiger partial charge in [0, 0.05) is 11.1 Å². The Hall–Kier alpha value is -0.830. The molecule has 1 aliphatic heterocycles. The number of carboxylic acid groups (broad SMARTS) is 1. The van der Waals surface area contributed by atoms with E-state index < -0.39 is 5.97 Å². The maximum atomic E-state index is 10.6. The Kier molecular flexibility index (Phi) is 2.72. The van der Waals surface area contributed by atoms with Gasteiger partial charge in [0.15, 0.2) is 0 Å². The van der Waals surface area contributed by atoms with Crippen LogP contribution in [0.15, 0.2) is 11.6 Å². The van der Waals surface area contributed by atoms with Gasteiger partial charge in [0.2, 0.25) is 0 Å². The van der Waals surface area contributed by atoms with Gasteiger partial charge in [-0.15, -0.1) is 0 Å². The summed E-state index contributed by atoms with van der Waals surface area (Å²) in [4.78, 5) is 10.6. The van der Waals surface area contributed by atoms with Crippen LogP contribution in [-0.4, -0.2) is 22.2 Å². The minimum atomic E-state index is -0.746. The second-order valence-electron chi connectivity index (χ2n) is 5.28. The van der Waals surface area contributed by atoms with Gasteiger partial charge in [0.25, 0.3) is 0 Å². The molecule has 80 valence electrons. The van der Waals surface area contributed by atoms with E-state index >= 15 is 0 Å². The van der Waals surface area contributed by atoms with E-state index in [9.17, 15) is 4.79 Å². The predicted molar refractivity (Wildman–Crippen MR) is 56.2 cm³/mol. The molecule has 0 atom stereocenters. The molecule has 0 radical (unpaired) electrons. The molecular formula is C11H19NO2. The third kappa shape index (κ3) is 3.14. The van der Waals surface area contributed by atoms with Crippen molar-refractivity contribution in [2.24, 2.45) is 0 Å². The Morgan fingerprint density at radius 1 is 1.50 bits per heavy atom. The van der Waals surface area contributed by atoms with Gasteiger partial charge in [0.1, 0.15) is 0 Å². The first-order valence-corrected chi connectivity index (χ1v) is 4.92. The van der Waals surface area contributed by atoms with E-state index in [1.807, 2.05) is 6.08 Å². The zero-order valence-corrected chi connectivity index (χ0v) is 9.35. The lowest BCUT2D eigenvalue weighted by Crippen LogP contribution is -2.54. The second-order valence-corrected chi connectivity index (χ2v) is 5.28. The van der Waals surface area contributed by atoms with Gasteiger partial charge >= 0.3 is 5.97 Å². The summed E-state index contributed by atoms with van der Waals surface area (Å²) >= 11 is 0. The third-order valence-electron chi connectivity index (χ3n) is 2.27. The molecule has 0 amide bonds. The van der Waals surface area contributed by atoms with Gasteiger partial charge in [-0.25, -0.2) is 0 Å². The molecule has 2 N–H and O–H groups in total. The summed E-state index contributed by atoms with van der Waals surface area (Å²) in [6.45, 7) is 8.33. The Morgan fingerprint density at radius 3 is 2.50 bits per heavy atom. The van der Waals surface area contributed by atoms with Crippen LogP contribution in [0.2, 0.25) is 0 Å². The van der Waals surface area contributed by atoms with Gasteiger partial charge in [0.05, 0.1) is 6.42 Å². The first-order valence-electron chi connectivity index (χ1n) is 4.92. The molecular weight excluding hydrogens is 178 g/mol. The van der Waals surface area contributed by atoms with Crippen LogP contribution in [-0.2, 0) is 4.79 Å². The minimum absolute atomic E-state index is 0.0109. The molecule has 0 aliphatic carbocycles. The summed E-state index contributed by atoms with van der Waals surface area (Å²) in [6, 6.07) is 0. The highest BCUT2D eigenvalue weighted by Gasteiger charge is 2.32. The van der Waals surface area contributed by atoms with E-state index in [0.29, 0.717) is 0 Å². The Labute approximate surface area is 85.2 Å². The molecule has 14 heavy (non-hydrogen) atoms. The standard InChI is InChI=1S/C11H19NO2/c1-10(2)6-8(5-9(13)14)7-11(3,4)12-10/h6,12H,5,7H2,1-4H3,(H,13,14). The third-order valence-corrected chi connectivity index (χ3v) is 2.27. The maximum Gasteiger partial charge on any atom is 0.307 e. The number of hydrogen-bond acceptors (Lipinski definition) is 2. The molecule has 0 fully saturated rings. The molecule has 0 aromatic heterocycles. The molecule has 0 aromatic carbocycles. The van der Waals surface area contributed by atoms with Gasteiger partial charge in [-0.1, -0.05) is 11.6 Å². The largest absolute Gasteiger partial charge is 0.481 e. The van der Waals surface area contributed by atoms with Crippen LogP contribution in [0.1, 0.15) is 40.5 Å². The maximum absolute atomic E-state index is 10.6. The summed E-state index contributed by atoms with van der Waals surface area (Å²) in [5, 5.41) is 12.2.